The Morgan fingerprint density at radius 3 is 2.91 bits per heavy atom. The van der Waals surface area contributed by atoms with Crippen LogP contribution in [0.3, 0.4) is 0 Å². The average molecular weight is 311 g/mol. The van der Waals surface area contributed by atoms with Crippen LogP contribution in [-0.2, 0) is 13.1 Å². The summed E-state index contributed by atoms with van der Waals surface area (Å²) >= 11 is 0. The summed E-state index contributed by atoms with van der Waals surface area (Å²) in [6.45, 7) is 3.66. The molecule has 23 heavy (non-hydrogen) atoms. The topological polar surface area (TPSA) is 72.3 Å². The first kappa shape index (κ1) is 13.9. The zero-order chi connectivity index (χ0) is 15.6. The minimum atomic E-state index is 0.299. The lowest BCUT2D eigenvalue weighted by Crippen LogP contribution is -2.12. The van der Waals surface area contributed by atoms with Crippen molar-refractivity contribution in [1.82, 2.24) is 15.5 Å². The largest absolute Gasteiger partial charge is 0.460 e. The third kappa shape index (κ3) is 2.80. The molecule has 6 nitrogen and oxygen atoms in total. The van der Waals surface area contributed by atoms with Crippen LogP contribution >= 0.6 is 0 Å². The summed E-state index contributed by atoms with van der Waals surface area (Å²) < 4.78 is 16.4. The van der Waals surface area contributed by atoms with Crippen LogP contribution in [-0.4, -0.2) is 17.0 Å². The van der Waals surface area contributed by atoms with Gasteiger partial charge in [-0.3, -0.25) is 5.10 Å². The van der Waals surface area contributed by atoms with Gasteiger partial charge in [0.15, 0.2) is 17.3 Å². The maximum absolute atomic E-state index is 5.65. The van der Waals surface area contributed by atoms with Crippen molar-refractivity contribution in [3.8, 4) is 23.0 Å². The number of benzene rings is 1. The van der Waals surface area contributed by atoms with E-state index in [1.54, 1.807) is 0 Å². The lowest BCUT2D eigenvalue weighted by molar-refractivity contribution is 0.174. The molecule has 4 rings (SSSR count). The molecule has 1 aromatic carbocycles. The Morgan fingerprint density at radius 1 is 1.13 bits per heavy atom. The molecule has 3 aromatic rings. The predicted molar refractivity (Wildman–Crippen MR) is 84.1 cm³/mol. The van der Waals surface area contributed by atoms with Gasteiger partial charge in [-0.05, 0) is 36.8 Å². The second-order valence-corrected chi connectivity index (χ2v) is 5.47. The quantitative estimate of drug-likeness (QED) is 0.758. The van der Waals surface area contributed by atoms with Crippen molar-refractivity contribution in [2.45, 2.75) is 20.0 Å². The highest BCUT2D eigenvalue weighted by Gasteiger charge is 2.14. The lowest BCUT2D eigenvalue weighted by Gasteiger charge is -2.06. The zero-order valence-corrected chi connectivity index (χ0v) is 12.8. The van der Waals surface area contributed by atoms with E-state index in [1.165, 1.54) is 0 Å². The average Bonchev–Trinajstić information content (AvgIpc) is 3.26. The van der Waals surface area contributed by atoms with E-state index < -0.39 is 0 Å². The van der Waals surface area contributed by atoms with Crippen LogP contribution < -0.4 is 14.8 Å². The van der Waals surface area contributed by atoms with Crippen LogP contribution in [0.1, 0.15) is 16.9 Å². The fourth-order valence-electron chi connectivity index (χ4n) is 2.62. The maximum atomic E-state index is 5.65. The molecular weight excluding hydrogens is 294 g/mol. The van der Waals surface area contributed by atoms with Gasteiger partial charge in [-0.15, -0.1) is 0 Å². The SMILES string of the molecule is Cc1ccc(-c2[nH]ncc2CNCc2ccc3c(c2)OCO3)o1. The first-order valence-corrected chi connectivity index (χ1v) is 7.48. The second kappa shape index (κ2) is 5.81. The lowest BCUT2D eigenvalue weighted by atomic mass is 10.2. The fraction of sp³-hybridized carbons (Fsp3) is 0.235. The van der Waals surface area contributed by atoms with E-state index in [9.17, 15) is 0 Å². The molecule has 0 atom stereocenters. The van der Waals surface area contributed by atoms with Crippen molar-refractivity contribution in [2.75, 3.05) is 6.79 Å². The molecule has 1 aliphatic rings. The van der Waals surface area contributed by atoms with E-state index in [2.05, 4.69) is 15.5 Å². The number of furan rings is 1. The van der Waals surface area contributed by atoms with Crippen molar-refractivity contribution in [2.24, 2.45) is 0 Å². The van der Waals surface area contributed by atoms with Gasteiger partial charge in [0, 0.05) is 18.7 Å². The predicted octanol–water partition coefficient (Wildman–Crippen LogP) is 3.00. The molecule has 0 bridgehead atoms. The molecule has 0 radical (unpaired) electrons. The number of aromatic amines is 1. The molecule has 0 fully saturated rings. The number of nitrogens with one attached hydrogen (secondary N) is 2. The number of aryl methyl sites for hydroxylation is 1. The Hall–Kier alpha value is -2.73. The van der Waals surface area contributed by atoms with E-state index in [0.29, 0.717) is 13.3 Å². The van der Waals surface area contributed by atoms with Gasteiger partial charge in [-0.2, -0.15) is 5.10 Å². The standard InChI is InChI=1S/C17H17N3O3/c1-11-2-4-15(23-11)17-13(9-19-20-17)8-18-7-12-3-5-14-16(6-12)22-10-21-14/h2-6,9,18H,7-8,10H2,1H3,(H,19,20). The summed E-state index contributed by atoms with van der Waals surface area (Å²) in [5.74, 6) is 3.30. The molecule has 0 saturated heterocycles. The summed E-state index contributed by atoms with van der Waals surface area (Å²) in [6, 6.07) is 9.87. The molecule has 118 valence electrons. The van der Waals surface area contributed by atoms with Gasteiger partial charge >= 0.3 is 0 Å². The number of hydrogen-bond acceptors (Lipinski definition) is 5. The molecule has 0 aliphatic carbocycles. The molecule has 1 aliphatic heterocycles. The Morgan fingerprint density at radius 2 is 2.04 bits per heavy atom. The van der Waals surface area contributed by atoms with Crippen molar-refractivity contribution < 1.29 is 13.9 Å². The number of ether oxygens (including phenoxy) is 2. The van der Waals surface area contributed by atoms with Gasteiger partial charge in [-0.1, -0.05) is 6.07 Å². The number of H-pyrrole nitrogens is 1. The van der Waals surface area contributed by atoms with E-state index in [0.717, 1.165) is 46.4 Å². The highest BCUT2D eigenvalue weighted by molar-refractivity contribution is 5.56. The summed E-state index contributed by atoms with van der Waals surface area (Å²) in [4.78, 5) is 0. The van der Waals surface area contributed by atoms with E-state index >= 15 is 0 Å². The maximum Gasteiger partial charge on any atom is 0.231 e. The second-order valence-electron chi connectivity index (χ2n) is 5.47. The first-order chi connectivity index (χ1) is 11.3. The third-order valence-electron chi connectivity index (χ3n) is 3.79. The highest BCUT2D eigenvalue weighted by Crippen LogP contribution is 2.32. The molecule has 0 spiro atoms. The van der Waals surface area contributed by atoms with Gasteiger partial charge in [0.2, 0.25) is 6.79 Å². The molecular formula is C17H17N3O3. The van der Waals surface area contributed by atoms with Gasteiger partial charge < -0.3 is 19.2 Å². The fourth-order valence-corrected chi connectivity index (χ4v) is 2.62. The normalized spacial score (nSPS) is 12.7. The molecule has 0 amide bonds. The number of nitrogens with zero attached hydrogens (tertiary/aromatic N) is 1. The van der Waals surface area contributed by atoms with Crippen LogP contribution in [0.4, 0.5) is 0 Å². The van der Waals surface area contributed by atoms with Gasteiger partial charge in [0.05, 0.1) is 6.20 Å². The summed E-state index contributed by atoms with van der Waals surface area (Å²) in [6.07, 6.45) is 1.82. The Balaban J connectivity index is 1.41. The Kier molecular flexibility index (Phi) is 3.51. The molecule has 0 unspecified atom stereocenters. The molecule has 3 heterocycles. The molecule has 6 heteroatoms. The van der Waals surface area contributed by atoms with Crippen molar-refractivity contribution >= 4 is 0 Å². The summed E-state index contributed by atoms with van der Waals surface area (Å²) in [5.41, 5.74) is 3.13. The smallest absolute Gasteiger partial charge is 0.231 e. The van der Waals surface area contributed by atoms with Gasteiger partial charge in [-0.25, -0.2) is 0 Å². The van der Waals surface area contributed by atoms with Crippen LogP contribution in [0.15, 0.2) is 40.9 Å². The molecule has 0 saturated carbocycles. The van der Waals surface area contributed by atoms with Crippen molar-refractivity contribution in [3.63, 3.8) is 0 Å². The highest BCUT2D eigenvalue weighted by atomic mass is 16.7. The van der Waals surface area contributed by atoms with E-state index in [-0.39, 0.29) is 0 Å². The van der Waals surface area contributed by atoms with E-state index in [4.69, 9.17) is 13.9 Å². The number of hydrogen-bond donors (Lipinski definition) is 2. The van der Waals surface area contributed by atoms with Gasteiger partial charge in [0.25, 0.3) is 0 Å². The summed E-state index contributed by atoms with van der Waals surface area (Å²) in [5, 5.41) is 10.5. The number of fused-ring (bicyclic) bond motifs is 1. The zero-order valence-electron chi connectivity index (χ0n) is 12.8. The van der Waals surface area contributed by atoms with Crippen LogP contribution in [0.5, 0.6) is 11.5 Å². The third-order valence-corrected chi connectivity index (χ3v) is 3.79. The molecule has 2 N–H and O–H groups in total. The minimum Gasteiger partial charge on any atom is -0.460 e. The summed E-state index contributed by atoms with van der Waals surface area (Å²) in [7, 11) is 0. The van der Waals surface area contributed by atoms with Crippen molar-refractivity contribution in [3.05, 3.63) is 53.4 Å². The van der Waals surface area contributed by atoms with Crippen LogP contribution in [0.25, 0.3) is 11.5 Å². The van der Waals surface area contributed by atoms with E-state index in [1.807, 2.05) is 43.5 Å². The minimum absolute atomic E-state index is 0.299. The first-order valence-electron chi connectivity index (χ1n) is 7.48. The van der Waals surface area contributed by atoms with Crippen molar-refractivity contribution in [1.29, 1.82) is 0 Å². The molecule has 2 aromatic heterocycles. The Bertz CT molecular complexity index is 822. The number of rotatable bonds is 5. The Labute approximate surface area is 133 Å². The van der Waals surface area contributed by atoms with Crippen LogP contribution in [0, 0.1) is 6.92 Å². The monoisotopic (exact) mass is 311 g/mol. The number of aromatic nitrogens is 2. The van der Waals surface area contributed by atoms with Gasteiger partial charge in [0.1, 0.15) is 11.5 Å². The van der Waals surface area contributed by atoms with Crippen LogP contribution in [0.2, 0.25) is 0 Å².